The molecule has 0 aliphatic rings. The molecule has 0 N–H and O–H groups in total. The summed E-state index contributed by atoms with van der Waals surface area (Å²) in [6.45, 7) is 8.54. The average Bonchev–Trinajstić information content (AvgIpc) is 2.76. The zero-order valence-corrected chi connectivity index (χ0v) is 11.8. The van der Waals surface area contributed by atoms with E-state index in [9.17, 15) is 4.79 Å². The van der Waals surface area contributed by atoms with Crippen LogP contribution in [-0.2, 0) is 4.74 Å². The first-order valence-corrected chi connectivity index (χ1v) is 6.31. The number of carbonyl (C=O) groups is 1. The summed E-state index contributed by atoms with van der Waals surface area (Å²) >= 11 is 0. The fourth-order valence-electron chi connectivity index (χ4n) is 1.75. The number of aromatic nitrogens is 1. The van der Waals surface area contributed by atoms with Crippen molar-refractivity contribution in [3.63, 3.8) is 0 Å². The first kappa shape index (κ1) is 14.5. The number of esters is 1. The van der Waals surface area contributed by atoms with Crippen molar-refractivity contribution in [3.05, 3.63) is 12.0 Å². The van der Waals surface area contributed by atoms with E-state index in [0.717, 1.165) is 6.42 Å². The van der Waals surface area contributed by atoms with Gasteiger partial charge in [-0.2, -0.15) is 4.98 Å². The van der Waals surface area contributed by atoms with Crippen LogP contribution in [0.5, 0.6) is 0 Å². The molecule has 1 aromatic heterocycles. The molecule has 0 spiro atoms. The van der Waals surface area contributed by atoms with Gasteiger partial charge in [-0.25, -0.2) is 4.79 Å². The van der Waals surface area contributed by atoms with Gasteiger partial charge in [0, 0.05) is 13.1 Å². The minimum absolute atomic E-state index is 0.218. The van der Waals surface area contributed by atoms with Gasteiger partial charge in [-0.15, -0.1) is 0 Å². The molecule has 18 heavy (non-hydrogen) atoms. The zero-order chi connectivity index (χ0) is 13.7. The van der Waals surface area contributed by atoms with Crippen LogP contribution in [0, 0.1) is 5.92 Å². The molecule has 1 unspecified atom stereocenters. The van der Waals surface area contributed by atoms with E-state index < -0.39 is 5.97 Å². The maximum absolute atomic E-state index is 11.5. The highest BCUT2D eigenvalue weighted by atomic mass is 16.5. The van der Waals surface area contributed by atoms with E-state index >= 15 is 0 Å². The molecule has 0 amide bonds. The Labute approximate surface area is 108 Å². The first-order chi connectivity index (χ1) is 8.45. The normalized spacial score (nSPS) is 12.6. The minimum atomic E-state index is -0.447. The molecule has 0 aliphatic carbocycles. The lowest BCUT2D eigenvalue weighted by Gasteiger charge is -2.24. The maximum Gasteiger partial charge on any atom is 0.360 e. The van der Waals surface area contributed by atoms with E-state index in [0.29, 0.717) is 24.6 Å². The van der Waals surface area contributed by atoms with Crippen LogP contribution in [0.2, 0.25) is 0 Å². The quantitative estimate of drug-likeness (QED) is 0.730. The van der Waals surface area contributed by atoms with E-state index in [1.807, 2.05) is 11.9 Å². The Morgan fingerprint density at radius 2 is 2.17 bits per heavy atom. The van der Waals surface area contributed by atoms with Gasteiger partial charge < -0.3 is 14.1 Å². The Kier molecular flexibility index (Phi) is 5.19. The van der Waals surface area contributed by atoms with Gasteiger partial charge in [0.2, 0.25) is 0 Å². The van der Waals surface area contributed by atoms with Crippen molar-refractivity contribution in [1.29, 1.82) is 0 Å². The molecule has 0 fully saturated rings. The lowest BCUT2D eigenvalue weighted by Crippen LogP contribution is -2.30. The van der Waals surface area contributed by atoms with Crippen LogP contribution >= 0.6 is 0 Å². The van der Waals surface area contributed by atoms with Crippen molar-refractivity contribution in [2.75, 3.05) is 18.6 Å². The van der Waals surface area contributed by atoms with E-state index in [4.69, 9.17) is 9.15 Å². The molecule has 0 radical (unpaired) electrons. The highest BCUT2D eigenvalue weighted by Crippen LogP contribution is 2.18. The average molecular weight is 254 g/mol. The number of hydrogen-bond acceptors (Lipinski definition) is 5. The Balaban J connectivity index is 2.70. The van der Waals surface area contributed by atoms with Crippen LogP contribution in [0.1, 0.15) is 44.6 Å². The van der Waals surface area contributed by atoms with Crippen LogP contribution in [0.3, 0.4) is 0 Å². The number of rotatable bonds is 6. The van der Waals surface area contributed by atoms with E-state index in [-0.39, 0.29) is 5.69 Å². The van der Waals surface area contributed by atoms with Gasteiger partial charge in [0.15, 0.2) is 5.69 Å². The molecular formula is C13H22N2O3. The van der Waals surface area contributed by atoms with Crippen LogP contribution in [0.25, 0.3) is 0 Å². The third-order valence-corrected chi connectivity index (χ3v) is 2.75. The predicted molar refractivity (Wildman–Crippen MR) is 69.8 cm³/mol. The molecule has 0 saturated carbocycles. The fraction of sp³-hybridized carbons (Fsp3) is 0.692. The Hall–Kier alpha value is -1.52. The summed E-state index contributed by atoms with van der Waals surface area (Å²) in [5.41, 5.74) is 0.218. The van der Waals surface area contributed by atoms with Gasteiger partial charge in [-0.05, 0) is 26.2 Å². The van der Waals surface area contributed by atoms with Crippen LogP contribution < -0.4 is 4.90 Å². The topological polar surface area (TPSA) is 55.6 Å². The smallest absolute Gasteiger partial charge is 0.360 e. The van der Waals surface area contributed by atoms with Gasteiger partial charge in [-0.3, -0.25) is 0 Å². The minimum Gasteiger partial charge on any atom is -0.461 e. The van der Waals surface area contributed by atoms with Gasteiger partial charge in [0.1, 0.15) is 6.26 Å². The summed E-state index contributed by atoms with van der Waals surface area (Å²) in [7, 11) is 1.91. The van der Waals surface area contributed by atoms with Gasteiger partial charge in [0.25, 0.3) is 6.01 Å². The molecule has 1 aromatic rings. The van der Waals surface area contributed by atoms with Crippen molar-refractivity contribution < 1.29 is 13.9 Å². The molecule has 5 nitrogen and oxygen atoms in total. The molecule has 1 atom stereocenters. The van der Waals surface area contributed by atoms with E-state index in [2.05, 4.69) is 25.8 Å². The predicted octanol–water partition coefficient (Wildman–Crippen LogP) is 2.72. The summed E-state index contributed by atoms with van der Waals surface area (Å²) < 4.78 is 10.2. The molecule has 5 heteroatoms. The number of anilines is 1. The van der Waals surface area contributed by atoms with Gasteiger partial charge in [-0.1, -0.05) is 13.8 Å². The van der Waals surface area contributed by atoms with Crippen LogP contribution in [0.15, 0.2) is 10.7 Å². The van der Waals surface area contributed by atoms with Crippen molar-refractivity contribution in [2.24, 2.45) is 5.92 Å². The molecular weight excluding hydrogens is 232 g/mol. The highest BCUT2D eigenvalue weighted by Gasteiger charge is 2.19. The Morgan fingerprint density at radius 3 is 2.72 bits per heavy atom. The largest absolute Gasteiger partial charge is 0.461 e. The van der Waals surface area contributed by atoms with Crippen molar-refractivity contribution in [1.82, 2.24) is 4.98 Å². The summed E-state index contributed by atoms with van der Waals surface area (Å²) in [5, 5.41) is 0. The van der Waals surface area contributed by atoms with E-state index in [1.54, 1.807) is 6.92 Å². The van der Waals surface area contributed by atoms with E-state index in [1.165, 1.54) is 6.26 Å². The number of oxazole rings is 1. The number of carbonyl (C=O) groups excluding carboxylic acids is 1. The lowest BCUT2D eigenvalue weighted by molar-refractivity contribution is 0.0519. The van der Waals surface area contributed by atoms with Crippen molar-refractivity contribution in [3.8, 4) is 0 Å². The fourth-order valence-corrected chi connectivity index (χ4v) is 1.75. The second-order valence-corrected chi connectivity index (χ2v) is 4.83. The standard InChI is InChI=1S/C13H22N2O3/c1-6-17-12(16)11-8-18-13(14-11)15(5)10(4)7-9(2)3/h8-10H,6-7H2,1-5H3. The summed E-state index contributed by atoms with van der Waals surface area (Å²) in [4.78, 5) is 17.5. The third-order valence-electron chi connectivity index (χ3n) is 2.75. The molecule has 0 bridgehead atoms. The van der Waals surface area contributed by atoms with Crippen LogP contribution in [-0.4, -0.2) is 30.6 Å². The summed E-state index contributed by atoms with van der Waals surface area (Å²) in [6.07, 6.45) is 2.37. The number of nitrogens with zero attached hydrogens (tertiary/aromatic N) is 2. The second kappa shape index (κ2) is 6.42. The van der Waals surface area contributed by atoms with Gasteiger partial charge in [0.05, 0.1) is 6.61 Å². The third kappa shape index (κ3) is 3.75. The SMILES string of the molecule is CCOC(=O)c1coc(N(C)C(C)CC(C)C)n1. The molecule has 0 aliphatic heterocycles. The lowest BCUT2D eigenvalue weighted by atomic mass is 10.0. The van der Waals surface area contributed by atoms with Crippen molar-refractivity contribution >= 4 is 12.0 Å². The zero-order valence-electron chi connectivity index (χ0n) is 11.8. The monoisotopic (exact) mass is 254 g/mol. The highest BCUT2D eigenvalue weighted by molar-refractivity contribution is 5.87. The van der Waals surface area contributed by atoms with Crippen molar-refractivity contribution in [2.45, 2.75) is 40.2 Å². The number of hydrogen-bond donors (Lipinski definition) is 0. The van der Waals surface area contributed by atoms with Crippen LogP contribution in [0.4, 0.5) is 6.01 Å². The number of ether oxygens (including phenoxy) is 1. The maximum atomic E-state index is 11.5. The Bertz CT molecular complexity index is 387. The molecule has 1 rings (SSSR count). The molecule has 0 saturated heterocycles. The molecule has 102 valence electrons. The summed E-state index contributed by atoms with van der Waals surface area (Å²) in [5.74, 6) is 0.152. The molecule has 1 heterocycles. The molecule has 0 aromatic carbocycles. The van der Waals surface area contributed by atoms with Gasteiger partial charge >= 0.3 is 5.97 Å². The first-order valence-electron chi connectivity index (χ1n) is 6.31. The second-order valence-electron chi connectivity index (χ2n) is 4.83. The summed E-state index contributed by atoms with van der Waals surface area (Å²) in [6, 6.07) is 0.755. The Morgan fingerprint density at radius 1 is 1.50 bits per heavy atom.